The molecule has 0 aliphatic carbocycles. The van der Waals surface area contributed by atoms with Crippen LogP contribution in [0.2, 0.25) is 0 Å². The Bertz CT molecular complexity index is 880. The van der Waals surface area contributed by atoms with Crippen molar-refractivity contribution in [2.24, 2.45) is 0 Å². The molecule has 0 fully saturated rings. The van der Waals surface area contributed by atoms with Crippen molar-refractivity contribution in [3.63, 3.8) is 0 Å². The Morgan fingerprint density at radius 2 is 1.91 bits per heavy atom. The van der Waals surface area contributed by atoms with Crippen molar-refractivity contribution in [1.82, 2.24) is 14.6 Å². The van der Waals surface area contributed by atoms with Crippen LogP contribution in [0.25, 0.3) is 5.65 Å². The quantitative estimate of drug-likeness (QED) is 0.738. The number of carbonyl (C=O) groups excluding carboxylic acids is 1. The molecule has 23 heavy (non-hydrogen) atoms. The Balaban J connectivity index is 1.91. The number of anilines is 1. The van der Waals surface area contributed by atoms with Crippen LogP contribution in [-0.4, -0.2) is 20.5 Å². The van der Waals surface area contributed by atoms with E-state index in [0.717, 1.165) is 15.8 Å². The van der Waals surface area contributed by atoms with Gasteiger partial charge in [-0.3, -0.25) is 4.79 Å². The molecule has 0 atom stereocenters. The number of nitrogens with zero attached hydrogens (tertiary/aromatic N) is 3. The van der Waals surface area contributed by atoms with E-state index in [0.29, 0.717) is 11.4 Å². The van der Waals surface area contributed by atoms with E-state index < -0.39 is 0 Å². The molecule has 0 spiro atoms. The second-order valence-corrected chi connectivity index (χ2v) is 7.19. The zero-order chi connectivity index (χ0) is 16.6. The third-order valence-corrected chi connectivity index (χ3v) is 4.13. The molecule has 5 nitrogen and oxygen atoms in total. The van der Waals surface area contributed by atoms with Crippen molar-refractivity contribution in [3.05, 3.63) is 58.5 Å². The minimum absolute atomic E-state index is 0.0645. The molecule has 118 valence electrons. The van der Waals surface area contributed by atoms with Crippen LogP contribution in [0.3, 0.4) is 0 Å². The molecule has 2 aromatic heterocycles. The number of benzene rings is 1. The zero-order valence-electron chi connectivity index (χ0n) is 13.2. The lowest BCUT2D eigenvalue weighted by atomic mass is 9.93. The molecule has 2 heterocycles. The summed E-state index contributed by atoms with van der Waals surface area (Å²) in [5, 5.41) is 7.21. The molecule has 0 saturated heterocycles. The minimum atomic E-state index is -0.259. The van der Waals surface area contributed by atoms with Gasteiger partial charge >= 0.3 is 0 Å². The van der Waals surface area contributed by atoms with Crippen molar-refractivity contribution in [1.29, 1.82) is 0 Å². The topological polar surface area (TPSA) is 59.3 Å². The highest BCUT2D eigenvalue weighted by Gasteiger charge is 2.18. The largest absolute Gasteiger partial charge is 0.320 e. The van der Waals surface area contributed by atoms with E-state index in [2.05, 4.69) is 52.1 Å². The van der Waals surface area contributed by atoms with E-state index in [4.69, 9.17) is 0 Å². The van der Waals surface area contributed by atoms with Crippen molar-refractivity contribution >= 4 is 33.2 Å². The number of aromatic nitrogens is 3. The van der Waals surface area contributed by atoms with E-state index >= 15 is 0 Å². The number of hydrogen-bond donors (Lipinski definition) is 1. The predicted octanol–water partition coefficient (Wildman–Crippen LogP) is 4.04. The standard InChI is InChI=1S/C17H17BrN4O/c1-17(2,3)14-10-22-15(20-14)9-8-13(21-22)16(23)19-12-7-5-4-6-11(12)18/h4-10H,1-3H3,(H,19,23). The average Bonchev–Trinajstić information content (AvgIpc) is 2.92. The number of para-hydroxylation sites is 1. The number of fused-ring (bicyclic) bond motifs is 1. The third-order valence-electron chi connectivity index (χ3n) is 3.44. The number of rotatable bonds is 2. The monoisotopic (exact) mass is 372 g/mol. The highest BCUT2D eigenvalue weighted by Crippen LogP contribution is 2.23. The number of imidazole rings is 1. The Morgan fingerprint density at radius 3 is 2.61 bits per heavy atom. The Kier molecular flexibility index (Phi) is 3.93. The fourth-order valence-corrected chi connectivity index (χ4v) is 2.50. The molecule has 1 aromatic carbocycles. The van der Waals surface area contributed by atoms with E-state index in [1.807, 2.05) is 30.5 Å². The summed E-state index contributed by atoms with van der Waals surface area (Å²) < 4.78 is 2.47. The van der Waals surface area contributed by atoms with Crippen LogP contribution >= 0.6 is 15.9 Å². The molecule has 0 aliphatic heterocycles. The van der Waals surface area contributed by atoms with Gasteiger partial charge in [0.15, 0.2) is 5.65 Å². The maximum Gasteiger partial charge on any atom is 0.276 e. The summed E-state index contributed by atoms with van der Waals surface area (Å²) in [6, 6.07) is 10.9. The first kappa shape index (κ1) is 15.7. The third kappa shape index (κ3) is 3.27. The average molecular weight is 373 g/mol. The number of nitrogens with one attached hydrogen (secondary N) is 1. The summed E-state index contributed by atoms with van der Waals surface area (Å²) in [4.78, 5) is 16.9. The number of hydrogen-bond acceptors (Lipinski definition) is 3. The van der Waals surface area contributed by atoms with Crippen LogP contribution in [0.15, 0.2) is 47.1 Å². The van der Waals surface area contributed by atoms with Gasteiger partial charge in [-0.2, -0.15) is 5.10 Å². The highest BCUT2D eigenvalue weighted by molar-refractivity contribution is 9.10. The van der Waals surface area contributed by atoms with Crippen LogP contribution in [0.5, 0.6) is 0 Å². The van der Waals surface area contributed by atoms with Crippen LogP contribution < -0.4 is 5.32 Å². The van der Waals surface area contributed by atoms with Crippen LogP contribution in [0.4, 0.5) is 5.69 Å². The highest BCUT2D eigenvalue weighted by atomic mass is 79.9. The number of carbonyl (C=O) groups is 1. The van der Waals surface area contributed by atoms with Crippen molar-refractivity contribution in [2.75, 3.05) is 5.32 Å². The molecular formula is C17H17BrN4O. The normalized spacial score (nSPS) is 11.7. The maximum absolute atomic E-state index is 12.4. The van der Waals surface area contributed by atoms with Crippen molar-refractivity contribution in [3.8, 4) is 0 Å². The van der Waals surface area contributed by atoms with Gasteiger partial charge in [0.2, 0.25) is 0 Å². The molecule has 6 heteroatoms. The van der Waals surface area contributed by atoms with Crippen LogP contribution in [-0.2, 0) is 5.41 Å². The van der Waals surface area contributed by atoms with E-state index in [-0.39, 0.29) is 11.3 Å². The van der Waals surface area contributed by atoms with Gasteiger partial charge < -0.3 is 5.32 Å². The predicted molar refractivity (Wildman–Crippen MR) is 93.8 cm³/mol. The first-order chi connectivity index (χ1) is 10.8. The number of amides is 1. The first-order valence-corrected chi connectivity index (χ1v) is 8.07. The molecule has 0 saturated carbocycles. The van der Waals surface area contributed by atoms with E-state index in [9.17, 15) is 4.79 Å². The molecule has 3 aromatic rings. The molecule has 3 rings (SSSR count). The van der Waals surface area contributed by atoms with Crippen LogP contribution in [0, 0.1) is 0 Å². The summed E-state index contributed by atoms with van der Waals surface area (Å²) in [7, 11) is 0. The second-order valence-electron chi connectivity index (χ2n) is 6.33. The molecule has 1 amide bonds. The fraction of sp³-hybridized carbons (Fsp3) is 0.235. The van der Waals surface area contributed by atoms with Crippen molar-refractivity contribution in [2.45, 2.75) is 26.2 Å². The maximum atomic E-state index is 12.4. The smallest absolute Gasteiger partial charge is 0.276 e. The van der Waals surface area contributed by atoms with Gasteiger partial charge in [-0.05, 0) is 40.2 Å². The molecule has 0 unspecified atom stereocenters. The molecule has 0 bridgehead atoms. The SMILES string of the molecule is CC(C)(C)c1cn2nc(C(=O)Nc3ccccc3Br)ccc2n1. The lowest BCUT2D eigenvalue weighted by Crippen LogP contribution is -2.15. The van der Waals surface area contributed by atoms with Gasteiger partial charge in [0.05, 0.1) is 17.6 Å². The molecule has 0 radical (unpaired) electrons. The second kappa shape index (κ2) is 5.77. The summed E-state index contributed by atoms with van der Waals surface area (Å²) in [5.41, 5.74) is 2.65. The van der Waals surface area contributed by atoms with Gasteiger partial charge in [0.1, 0.15) is 5.69 Å². The van der Waals surface area contributed by atoms with Gasteiger partial charge in [-0.15, -0.1) is 0 Å². The van der Waals surface area contributed by atoms with E-state index in [1.54, 1.807) is 16.6 Å². The van der Waals surface area contributed by atoms with Crippen molar-refractivity contribution < 1.29 is 4.79 Å². The Labute approximate surface area is 142 Å². The minimum Gasteiger partial charge on any atom is -0.320 e. The Morgan fingerprint density at radius 1 is 1.17 bits per heavy atom. The zero-order valence-corrected chi connectivity index (χ0v) is 14.8. The number of halogens is 1. The molecule has 1 N–H and O–H groups in total. The summed E-state index contributed by atoms with van der Waals surface area (Å²) in [5.74, 6) is -0.259. The van der Waals surface area contributed by atoms with Crippen LogP contribution in [0.1, 0.15) is 37.0 Å². The van der Waals surface area contributed by atoms with E-state index in [1.165, 1.54) is 0 Å². The summed E-state index contributed by atoms with van der Waals surface area (Å²) >= 11 is 3.41. The fourth-order valence-electron chi connectivity index (χ4n) is 2.11. The van der Waals surface area contributed by atoms with Gasteiger partial charge in [0, 0.05) is 9.89 Å². The lowest BCUT2D eigenvalue weighted by molar-refractivity contribution is 0.102. The van der Waals surface area contributed by atoms with Gasteiger partial charge in [0.25, 0.3) is 5.91 Å². The lowest BCUT2D eigenvalue weighted by Gasteiger charge is -2.13. The van der Waals surface area contributed by atoms with Gasteiger partial charge in [-0.1, -0.05) is 32.9 Å². The molecule has 0 aliphatic rings. The molecular weight excluding hydrogens is 356 g/mol. The van der Waals surface area contributed by atoms with Gasteiger partial charge in [-0.25, -0.2) is 9.50 Å². The Hall–Kier alpha value is -2.21. The summed E-state index contributed by atoms with van der Waals surface area (Å²) in [6.07, 6.45) is 1.87. The first-order valence-electron chi connectivity index (χ1n) is 7.27. The summed E-state index contributed by atoms with van der Waals surface area (Å²) in [6.45, 7) is 6.28.